The van der Waals surface area contributed by atoms with Crippen molar-refractivity contribution in [3.63, 3.8) is 0 Å². The lowest BCUT2D eigenvalue weighted by molar-refractivity contribution is -0.135. The minimum Gasteiger partial charge on any atom is -0.369 e. The van der Waals surface area contributed by atoms with Crippen LogP contribution in [0, 0.1) is 0 Å². The van der Waals surface area contributed by atoms with Crippen molar-refractivity contribution in [2.24, 2.45) is 0 Å². The minimum absolute atomic E-state index is 0.267. The third-order valence-electron chi connectivity index (χ3n) is 5.65. The van der Waals surface area contributed by atoms with Crippen molar-refractivity contribution >= 4 is 22.9 Å². The Kier molecular flexibility index (Phi) is 5.27. The maximum Gasteiger partial charge on any atom is 0.237 e. The first-order valence-corrected chi connectivity index (χ1v) is 10.5. The molecule has 138 valence electrons. The molecule has 4 rings (SSSR count). The fourth-order valence-corrected chi connectivity index (χ4v) is 5.15. The van der Waals surface area contributed by atoms with Crippen LogP contribution in [-0.2, 0) is 11.2 Å². The molecule has 0 N–H and O–H groups in total. The SMILES string of the molecule is CCC1c2ccsc2CCN1C(=O)CN1CCN(c2ccccc2)CC1. The number of benzene rings is 1. The van der Waals surface area contributed by atoms with E-state index in [1.807, 2.05) is 11.3 Å². The van der Waals surface area contributed by atoms with Gasteiger partial charge in [0.1, 0.15) is 0 Å². The van der Waals surface area contributed by atoms with E-state index in [0.29, 0.717) is 12.5 Å². The van der Waals surface area contributed by atoms with Crippen LogP contribution in [0.4, 0.5) is 5.69 Å². The summed E-state index contributed by atoms with van der Waals surface area (Å²) < 4.78 is 0. The Bertz CT molecular complexity index is 737. The molecule has 1 fully saturated rings. The van der Waals surface area contributed by atoms with Crippen LogP contribution in [-0.4, -0.2) is 55.0 Å². The van der Waals surface area contributed by atoms with E-state index < -0.39 is 0 Å². The van der Waals surface area contributed by atoms with Crippen molar-refractivity contribution < 1.29 is 4.79 Å². The molecular formula is C21H27N3OS. The first-order chi connectivity index (χ1) is 12.8. The van der Waals surface area contributed by atoms with Crippen LogP contribution in [0.3, 0.4) is 0 Å². The van der Waals surface area contributed by atoms with Crippen molar-refractivity contribution in [3.05, 3.63) is 52.2 Å². The lowest BCUT2D eigenvalue weighted by atomic mass is 9.97. The van der Waals surface area contributed by atoms with Crippen molar-refractivity contribution in [2.75, 3.05) is 44.2 Å². The average Bonchev–Trinajstić information content (AvgIpc) is 3.17. The van der Waals surface area contributed by atoms with E-state index in [4.69, 9.17) is 0 Å². The number of hydrogen-bond donors (Lipinski definition) is 0. The number of para-hydroxylation sites is 1. The molecule has 0 saturated carbocycles. The molecule has 1 atom stereocenters. The van der Waals surface area contributed by atoms with Gasteiger partial charge in [-0.2, -0.15) is 0 Å². The molecule has 0 radical (unpaired) electrons. The molecule has 0 aliphatic carbocycles. The zero-order valence-corrected chi connectivity index (χ0v) is 16.3. The van der Waals surface area contributed by atoms with E-state index in [1.165, 1.54) is 16.1 Å². The predicted molar refractivity (Wildman–Crippen MR) is 108 cm³/mol. The molecular weight excluding hydrogens is 342 g/mol. The van der Waals surface area contributed by atoms with Crippen LogP contribution in [0.2, 0.25) is 0 Å². The Balaban J connectivity index is 1.34. The van der Waals surface area contributed by atoms with Crippen molar-refractivity contribution in [3.8, 4) is 0 Å². The summed E-state index contributed by atoms with van der Waals surface area (Å²) in [5.41, 5.74) is 2.66. The summed E-state index contributed by atoms with van der Waals surface area (Å²) >= 11 is 1.84. The van der Waals surface area contributed by atoms with E-state index in [2.05, 4.69) is 63.4 Å². The monoisotopic (exact) mass is 369 g/mol. The summed E-state index contributed by atoms with van der Waals surface area (Å²) in [4.78, 5) is 21.3. The van der Waals surface area contributed by atoms with Gasteiger partial charge >= 0.3 is 0 Å². The quantitative estimate of drug-likeness (QED) is 0.826. The fourth-order valence-electron chi connectivity index (χ4n) is 4.22. The van der Waals surface area contributed by atoms with Crippen molar-refractivity contribution in [1.82, 2.24) is 9.80 Å². The topological polar surface area (TPSA) is 26.8 Å². The lowest BCUT2D eigenvalue weighted by Crippen LogP contribution is -2.51. The molecule has 3 heterocycles. The highest BCUT2D eigenvalue weighted by atomic mass is 32.1. The number of rotatable bonds is 4. The molecule has 26 heavy (non-hydrogen) atoms. The summed E-state index contributed by atoms with van der Waals surface area (Å²) in [5.74, 6) is 0.293. The maximum absolute atomic E-state index is 13.0. The second-order valence-electron chi connectivity index (χ2n) is 7.16. The highest BCUT2D eigenvalue weighted by molar-refractivity contribution is 7.10. The molecule has 2 aliphatic heterocycles. The number of piperazine rings is 1. The second kappa shape index (κ2) is 7.80. The summed E-state index contributed by atoms with van der Waals surface area (Å²) in [5, 5.41) is 2.17. The molecule has 1 saturated heterocycles. The second-order valence-corrected chi connectivity index (χ2v) is 8.16. The number of amides is 1. The van der Waals surface area contributed by atoms with Crippen LogP contribution in [0.1, 0.15) is 29.8 Å². The Hall–Kier alpha value is -1.85. The summed E-state index contributed by atoms with van der Waals surface area (Å²) in [6.07, 6.45) is 2.01. The fraction of sp³-hybridized carbons (Fsp3) is 0.476. The van der Waals surface area contributed by atoms with E-state index in [9.17, 15) is 4.79 Å². The van der Waals surface area contributed by atoms with Crippen LogP contribution in [0.15, 0.2) is 41.8 Å². The van der Waals surface area contributed by atoms with Gasteiger partial charge in [0.15, 0.2) is 0 Å². The number of thiophene rings is 1. The van der Waals surface area contributed by atoms with Crippen LogP contribution >= 0.6 is 11.3 Å². The molecule has 1 unspecified atom stereocenters. The van der Waals surface area contributed by atoms with E-state index in [0.717, 1.165) is 45.6 Å². The summed E-state index contributed by atoms with van der Waals surface area (Å²) in [7, 11) is 0. The van der Waals surface area contributed by atoms with Gasteiger partial charge in [-0.15, -0.1) is 11.3 Å². The van der Waals surface area contributed by atoms with Gasteiger partial charge in [-0.25, -0.2) is 0 Å². The highest BCUT2D eigenvalue weighted by Gasteiger charge is 2.31. The third-order valence-corrected chi connectivity index (χ3v) is 6.65. The smallest absolute Gasteiger partial charge is 0.237 e. The predicted octanol–water partition coefficient (Wildman–Crippen LogP) is 3.41. The number of fused-ring (bicyclic) bond motifs is 1. The molecule has 2 aliphatic rings. The zero-order valence-electron chi connectivity index (χ0n) is 15.4. The van der Waals surface area contributed by atoms with E-state index in [-0.39, 0.29) is 6.04 Å². The van der Waals surface area contributed by atoms with Crippen LogP contribution < -0.4 is 4.90 Å². The van der Waals surface area contributed by atoms with E-state index >= 15 is 0 Å². The molecule has 0 bridgehead atoms. The number of anilines is 1. The number of carbonyl (C=O) groups is 1. The van der Waals surface area contributed by atoms with Gasteiger partial charge in [-0.1, -0.05) is 25.1 Å². The number of hydrogen-bond acceptors (Lipinski definition) is 4. The summed E-state index contributed by atoms with van der Waals surface area (Å²) in [6, 6.07) is 13.0. The van der Waals surface area contributed by atoms with Crippen molar-refractivity contribution in [1.29, 1.82) is 0 Å². The standard InChI is InChI=1S/C21H27N3OS/c1-2-19-18-9-15-26-20(18)8-10-24(19)21(25)16-22-11-13-23(14-12-22)17-6-4-3-5-7-17/h3-7,9,15,19H,2,8,10-14,16H2,1H3. The van der Waals surface area contributed by atoms with Gasteiger partial charge in [0.25, 0.3) is 0 Å². The largest absolute Gasteiger partial charge is 0.369 e. The minimum atomic E-state index is 0.267. The van der Waals surface area contributed by atoms with Crippen LogP contribution in [0.25, 0.3) is 0 Å². The molecule has 4 nitrogen and oxygen atoms in total. The van der Waals surface area contributed by atoms with E-state index in [1.54, 1.807) is 0 Å². The van der Waals surface area contributed by atoms with Crippen molar-refractivity contribution in [2.45, 2.75) is 25.8 Å². The first kappa shape index (κ1) is 17.6. The molecule has 5 heteroatoms. The van der Waals surface area contributed by atoms with Crippen LogP contribution in [0.5, 0.6) is 0 Å². The lowest BCUT2D eigenvalue weighted by Gasteiger charge is -2.39. The number of nitrogens with zero attached hydrogens (tertiary/aromatic N) is 3. The van der Waals surface area contributed by atoms with Gasteiger partial charge in [-0.3, -0.25) is 9.69 Å². The molecule has 1 aromatic carbocycles. The normalized spacial score (nSPS) is 20.9. The number of carbonyl (C=O) groups excluding carboxylic acids is 1. The Labute approximate surface area is 160 Å². The molecule has 1 aromatic heterocycles. The Morgan fingerprint density at radius 1 is 1.08 bits per heavy atom. The van der Waals surface area contributed by atoms with Gasteiger partial charge < -0.3 is 9.80 Å². The zero-order chi connectivity index (χ0) is 17.9. The first-order valence-electron chi connectivity index (χ1n) is 9.64. The Morgan fingerprint density at radius 2 is 1.85 bits per heavy atom. The highest BCUT2D eigenvalue weighted by Crippen LogP contribution is 2.35. The summed E-state index contributed by atoms with van der Waals surface area (Å²) in [6.45, 7) is 7.50. The maximum atomic E-state index is 13.0. The van der Waals surface area contributed by atoms with Gasteiger partial charge in [-0.05, 0) is 42.0 Å². The van der Waals surface area contributed by atoms with Gasteiger partial charge in [0.05, 0.1) is 12.6 Å². The van der Waals surface area contributed by atoms with Gasteiger partial charge in [0, 0.05) is 43.3 Å². The van der Waals surface area contributed by atoms with Gasteiger partial charge in [0.2, 0.25) is 5.91 Å². The average molecular weight is 370 g/mol. The molecule has 2 aromatic rings. The molecule has 1 amide bonds. The third kappa shape index (κ3) is 3.51. The Morgan fingerprint density at radius 3 is 2.58 bits per heavy atom. The molecule has 0 spiro atoms.